The number of halogens is 2. The molecule has 1 aliphatic heterocycles. The number of piperazine rings is 1. The van der Waals surface area contributed by atoms with Crippen LogP contribution in [0.1, 0.15) is 31.6 Å². The van der Waals surface area contributed by atoms with E-state index in [4.69, 9.17) is 4.52 Å². The van der Waals surface area contributed by atoms with Crippen molar-refractivity contribution in [1.29, 1.82) is 0 Å². The summed E-state index contributed by atoms with van der Waals surface area (Å²) in [5, 5.41) is 7.61. The average Bonchev–Trinajstić information content (AvgIpc) is 3.00. The Balaban J connectivity index is 0.00000208. The lowest BCUT2D eigenvalue weighted by Gasteiger charge is -2.30. The predicted octanol–water partition coefficient (Wildman–Crippen LogP) is 3.86. The van der Waals surface area contributed by atoms with Crippen LogP contribution in [-0.4, -0.2) is 41.7 Å². The number of likely N-dealkylation sites (N-methyl/N-ethyl adjacent to an activating group) is 1. The Kier molecular flexibility index (Phi) is 6.73. The maximum absolute atomic E-state index is 5.58. The van der Waals surface area contributed by atoms with Gasteiger partial charge in [-0.05, 0) is 45.2 Å². The van der Waals surface area contributed by atoms with Crippen molar-refractivity contribution >= 4 is 40.1 Å². The largest absolute Gasteiger partial charge is 0.338 e. The van der Waals surface area contributed by atoms with E-state index < -0.39 is 0 Å². The molecule has 0 amide bonds. The van der Waals surface area contributed by atoms with Crippen molar-refractivity contribution in [1.82, 2.24) is 20.4 Å². The molecule has 8 heteroatoms. The fraction of sp³-hybridized carbons (Fsp3) is 0.500. The summed E-state index contributed by atoms with van der Waals surface area (Å²) in [7, 11) is 2.10. The second kappa shape index (κ2) is 8.19. The molecule has 0 saturated carbocycles. The zero-order valence-electron chi connectivity index (χ0n) is 14.0. The van der Waals surface area contributed by atoms with E-state index in [1.807, 2.05) is 12.1 Å². The third-order valence-corrected chi connectivity index (χ3v) is 5.67. The van der Waals surface area contributed by atoms with Gasteiger partial charge in [0.2, 0.25) is 5.89 Å². The van der Waals surface area contributed by atoms with Gasteiger partial charge in [-0.25, -0.2) is 0 Å². The highest BCUT2D eigenvalue weighted by Crippen LogP contribution is 2.40. The Morgan fingerprint density at radius 2 is 2.04 bits per heavy atom. The fourth-order valence-corrected chi connectivity index (χ4v) is 3.85. The van der Waals surface area contributed by atoms with Crippen LogP contribution in [0.3, 0.4) is 0 Å². The molecule has 1 aliphatic rings. The van der Waals surface area contributed by atoms with Crippen LogP contribution in [0.5, 0.6) is 0 Å². The molecule has 1 N–H and O–H groups in total. The summed E-state index contributed by atoms with van der Waals surface area (Å²) in [5.74, 6) is 1.43. The first-order chi connectivity index (χ1) is 11.0. The molecule has 3 rings (SSSR count). The minimum atomic E-state index is -0.278. The van der Waals surface area contributed by atoms with E-state index in [0.717, 1.165) is 29.9 Å². The lowest BCUT2D eigenvalue weighted by atomic mass is 10.2. The van der Waals surface area contributed by atoms with Crippen LogP contribution in [0.4, 0.5) is 0 Å². The number of benzene rings is 1. The van der Waals surface area contributed by atoms with E-state index >= 15 is 0 Å². The first-order valence-electron chi connectivity index (χ1n) is 7.65. The maximum atomic E-state index is 5.58. The Morgan fingerprint density at radius 1 is 1.33 bits per heavy atom. The van der Waals surface area contributed by atoms with Gasteiger partial charge in [-0.2, -0.15) is 4.98 Å². The van der Waals surface area contributed by atoms with Crippen molar-refractivity contribution < 1.29 is 4.52 Å². The van der Waals surface area contributed by atoms with Crippen molar-refractivity contribution in [2.75, 3.05) is 26.7 Å². The molecule has 1 unspecified atom stereocenters. The summed E-state index contributed by atoms with van der Waals surface area (Å²) < 4.78 is 6.38. The minimum Gasteiger partial charge on any atom is -0.338 e. The van der Waals surface area contributed by atoms with Gasteiger partial charge in [0.05, 0.1) is 10.8 Å². The molecule has 1 fully saturated rings. The van der Waals surface area contributed by atoms with Gasteiger partial charge in [-0.3, -0.25) is 4.90 Å². The van der Waals surface area contributed by atoms with E-state index in [1.165, 1.54) is 4.90 Å². The molecular formula is C16H22BrClN4OS. The molecule has 132 valence electrons. The molecule has 0 radical (unpaired) electrons. The molecule has 1 aromatic heterocycles. The molecule has 0 bridgehead atoms. The SMILES string of the molecule is CN1CCNCC1c1noc(C(C)(C)Sc2ccc(Br)cc2)n1.Cl. The first kappa shape index (κ1) is 19.7. The Morgan fingerprint density at radius 3 is 2.71 bits per heavy atom. The zero-order valence-corrected chi connectivity index (χ0v) is 17.2. The van der Waals surface area contributed by atoms with Crippen LogP contribution in [0.15, 0.2) is 38.2 Å². The summed E-state index contributed by atoms with van der Waals surface area (Å²) in [5.41, 5.74) is 0. The van der Waals surface area contributed by atoms with Gasteiger partial charge in [-0.15, -0.1) is 24.2 Å². The topological polar surface area (TPSA) is 54.2 Å². The molecule has 5 nitrogen and oxygen atoms in total. The number of rotatable bonds is 4. The summed E-state index contributed by atoms with van der Waals surface area (Å²) in [6.07, 6.45) is 0. The third kappa shape index (κ3) is 4.52. The van der Waals surface area contributed by atoms with Crippen LogP contribution < -0.4 is 5.32 Å². The molecular weight excluding hydrogens is 412 g/mol. The second-order valence-electron chi connectivity index (χ2n) is 6.22. The number of aromatic nitrogens is 2. The van der Waals surface area contributed by atoms with E-state index in [9.17, 15) is 0 Å². The van der Waals surface area contributed by atoms with Crippen LogP contribution in [0.2, 0.25) is 0 Å². The third-order valence-electron chi connectivity index (χ3n) is 3.95. The standard InChI is InChI=1S/C16H21BrN4OS.ClH/c1-16(2,23-12-6-4-11(17)5-7-12)15-19-14(20-22-15)13-10-18-8-9-21(13)3;/h4-7,13,18H,8-10H2,1-3H3;1H. The van der Waals surface area contributed by atoms with E-state index in [2.05, 4.69) is 69.3 Å². The zero-order chi connectivity index (χ0) is 16.4. The lowest BCUT2D eigenvalue weighted by Crippen LogP contribution is -2.44. The Bertz CT molecular complexity index is 664. The smallest absolute Gasteiger partial charge is 0.242 e. The van der Waals surface area contributed by atoms with Crippen LogP contribution >= 0.6 is 40.1 Å². The first-order valence-corrected chi connectivity index (χ1v) is 9.26. The normalized spacial score (nSPS) is 19.1. The highest BCUT2D eigenvalue weighted by Gasteiger charge is 2.32. The monoisotopic (exact) mass is 432 g/mol. The summed E-state index contributed by atoms with van der Waals surface area (Å²) in [6.45, 7) is 7.07. The molecule has 24 heavy (non-hydrogen) atoms. The average molecular weight is 434 g/mol. The van der Waals surface area contributed by atoms with E-state index in [0.29, 0.717) is 5.89 Å². The van der Waals surface area contributed by atoms with Gasteiger partial charge in [0.15, 0.2) is 5.82 Å². The molecule has 2 heterocycles. The number of hydrogen-bond donors (Lipinski definition) is 1. The quantitative estimate of drug-likeness (QED) is 0.739. The number of hydrogen-bond acceptors (Lipinski definition) is 6. The highest BCUT2D eigenvalue weighted by atomic mass is 79.9. The minimum absolute atomic E-state index is 0. The predicted molar refractivity (Wildman–Crippen MR) is 103 cm³/mol. The van der Waals surface area contributed by atoms with Crippen molar-refractivity contribution in [2.24, 2.45) is 0 Å². The van der Waals surface area contributed by atoms with Gasteiger partial charge in [0.25, 0.3) is 0 Å². The molecule has 1 aromatic carbocycles. The second-order valence-corrected chi connectivity index (χ2v) is 8.84. The van der Waals surface area contributed by atoms with Crippen LogP contribution in [-0.2, 0) is 4.75 Å². The molecule has 0 spiro atoms. The van der Waals surface area contributed by atoms with E-state index in [1.54, 1.807) is 11.8 Å². The fourth-order valence-electron chi connectivity index (χ4n) is 2.55. The van der Waals surface area contributed by atoms with Crippen LogP contribution in [0.25, 0.3) is 0 Å². The number of nitrogens with one attached hydrogen (secondary N) is 1. The van der Waals surface area contributed by atoms with Gasteiger partial charge < -0.3 is 9.84 Å². The lowest BCUT2D eigenvalue weighted by molar-refractivity contribution is 0.190. The molecule has 1 atom stereocenters. The van der Waals surface area contributed by atoms with E-state index in [-0.39, 0.29) is 23.2 Å². The maximum Gasteiger partial charge on any atom is 0.242 e. The summed E-state index contributed by atoms with van der Waals surface area (Å²) >= 11 is 5.18. The van der Waals surface area contributed by atoms with Crippen molar-refractivity contribution in [3.63, 3.8) is 0 Å². The summed E-state index contributed by atoms with van der Waals surface area (Å²) in [4.78, 5) is 8.12. The van der Waals surface area contributed by atoms with Crippen LogP contribution in [0, 0.1) is 0 Å². The number of thioether (sulfide) groups is 1. The van der Waals surface area contributed by atoms with Gasteiger partial charge in [0, 0.05) is 29.0 Å². The molecule has 0 aliphatic carbocycles. The Hall–Kier alpha value is -0.600. The molecule has 1 saturated heterocycles. The summed E-state index contributed by atoms with van der Waals surface area (Å²) in [6, 6.07) is 8.44. The highest BCUT2D eigenvalue weighted by molar-refractivity contribution is 9.10. The van der Waals surface area contributed by atoms with Crippen molar-refractivity contribution in [3.8, 4) is 0 Å². The van der Waals surface area contributed by atoms with Crippen molar-refractivity contribution in [3.05, 3.63) is 40.5 Å². The Labute approximate surface area is 161 Å². The number of nitrogens with zero attached hydrogens (tertiary/aromatic N) is 3. The van der Waals surface area contributed by atoms with Gasteiger partial charge >= 0.3 is 0 Å². The molecule has 2 aromatic rings. The van der Waals surface area contributed by atoms with Gasteiger partial charge in [-0.1, -0.05) is 21.1 Å². The van der Waals surface area contributed by atoms with Gasteiger partial charge in [0.1, 0.15) is 0 Å². The van der Waals surface area contributed by atoms with Crippen molar-refractivity contribution in [2.45, 2.75) is 29.5 Å².